The third kappa shape index (κ3) is 4.95. The first-order valence-electron chi connectivity index (χ1n) is 8.03. The van der Waals surface area contributed by atoms with Crippen LogP contribution in [0.3, 0.4) is 0 Å². The summed E-state index contributed by atoms with van der Waals surface area (Å²) < 4.78 is 22.6. The van der Waals surface area contributed by atoms with E-state index in [1.54, 1.807) is 45.6 Å². The molecule has 0 aliphatic heterocycles. The number of rotatable bonds is 8. The van der Waals surface area contributed by atoms with Crippen LogP contribution in [0, 0.1) is 14.9 Å². The zero-order valence-electron chi connectivity index (χ0n) is 15.4. The number of halogens is 1. The molecule has 27 heavy (non-hydrogen) atoms. The number of hydrogen-bond acceptors (Lipinski definition) is 5. The van der Waals surface area contributed by atoms with Crippen LogP contribution in [0.4, 0.5) is 0 Å². The molecule has 0 aliphatic rings. The van der Waals surface area contributed by atoms with Crippen molar-refractivity contribution in [3.05, 3.63) is 57.7 Å². The average molecular weight is 477 g/mol. The number of nitrogens with zero attached hydrogens (tertiary/aromatic N) is 1. The number of allylic oxidation sites excluding steroid dienone is 1. The largest absolute Gasteiger partial charge is 0.493 e. The van der Waals surface area contributed by atoms with E-state index in [-0.39, 0.29) is 0 Å². The third-order valence-electron chi connectivity index (χ3n) is 3.72. The lowest BCUT2D eigenvalue weighted by Crippen LogP contribution is -1.99. The molecule has 0 radical (unpaired) electrons. The lowest BCUT2D eigenvalue weighted by Gasteiger charge is -2.13. The Morgan fingerprint density at radius 1 is 1.07 bits per heavy atom. The second-order valence-corrected chi connectivity index (χ2v) is 6.54. The van der Waals surface area contributed by atoms with Gasteiger partial charge in [0, 0.05) is 0 Å². The number of benzene rings is 2. The highest BCUT2D eigenvalue weighted by atomic mass is 127. The number of nitriles is 1. The SMILES string of the molecule is C=CCOc1c(I)cc(/C=C(\C#N)c2ccc(OC)c(OC)c2)cc1OC. The van der Waals surface area contributed by atoms with Gasteiger partial charge in [0.1, 0.15) is 6.61 Å². The zero-order chi connectivity index (χ0) is 19.8. The highest BCUT2D eigenvalue weighted by Gasteiger charge is 2.12. The van der Waals surface area contributed by atoms with Crippen LogP contribution < -0.4 is 18.9 Å². The highest BCUT2D eigenvalue weighted by molar-refractivity contribution is 14.1. The average Bonchev–Trinajstić information content (AvgIpc) is 2.70. The van der Waals surface area contributed by atoms with Crippen LogP contribution in [0.1, 0.15) is 11.1 Å². The summed E-state index contributed by atoms with van der Waals surface area (Å²) >= 11 is 2.18. The molecule has 2 rings (SSSR count). The molecule has 0 aliphatic carbocycles. The van der Waals surface area contributed by atoms with Gasteiger partial charge in [0.25, 0.3) is 0 Å². The summed E-state index contributed by atoms with van der Waals surface area (Å²) in [6.45, 7) is 4.04. The molecular formula is C21H20INO4. The summed E-state index contributed by atoms with van der Waals surface area (Å²) in [4.78, 5) is 0. The van der Waals surface area contributed by atoms with E-state index in [9.17, 15) is 5.26 Å². The van der Waals surface area contributed by atoms with Gasteiger partial charge < -0.3 is 18.9 Å². The van der Waals surface area contributed by atoms with Crippen LogP contribution >= 0.6 is 22.6 Å². The predicted octanol–water partition coefficient (Wildman–Crippen LogP) is 4.95. The van der Waals surface area contributed by atoms with E-state index in [0.717, 1.165) is 14.7 Å². The smallest absolute Gasteiger partial charge is 0.174 e. The van der Waals surface area contributed by atoms with Gasteiger partial charge in [0.2, 0.25) is 0 Å². The lowest BCUT2D eigenvalue weighted by atomic mass is 10.0. The summed E-state index contributed by atoms with van der Waals surface area (Å²) in [6.07, 6.45) is 3.47. The molecule has 140 valence electrons. The lowest BCUT2D eigenvalue weighted by molar-refractivity contribution is 0.324. The molecule has 0 aromatic heterocycles. The van der Waals surface area contributed by atoms with Crippen molar-refractivity contribution in [2.45, 2.75) is 0 Å². The molecule has 0 saturated heterocycles. The van der Waals surface area contributed by atoms with E-state index in [1.807, 2.05) is 18.2 Å². The van der Waals surface area contributed by atoms with Gasteiger partial charge in [-0.15, -0.1) is 0 Å². The maximum absolute atomic E-state index is 9.64. The molecular weight excluding hydrogens is 457 g/mol. The third-order valence-corrected chi connectivity index (χ3v) is 4.52. The molecule has 5 nitrogen and oxygen atoms in total. The highest BCUT2D eigenvalue weighted by Crippen LogP contribution is 2.36. The van der Waals surface area contributed by atoms with Crippen molar-refractivity contribution in [3.8, 4) is 29.1 Å². The topological polar surface area (TPSA) is 60.7 Å². The molecule has 6 heteroatoms. The first-order valence-corrected chi connectivity index (χ1v) is 9.11. The Hall–Kier alpha value is -2.66. The molecule has 0 amide bonds. The van der Waals surface area contributed by atoms with E-state index < -0.39 is 0 Å². The maximum atomic E-state index is 9.64. The summed E-state index contributed by atoms with van der Waals surface area (Å²) in [6, 6.07) is 11.4. The van der Waals surface area contributed by atoms with Gasteiger partial charge in [-0.2, -0.15) is 5.26 Å². The minimum absolute atomic E-state index is 0.386. The second kappa shape index (κ2) is 9.88. The number of hydrogen-bond donors (Lipinski definition) is 0. The number of ether oxygens (including phenoxy) is 4. The van der Waals surface area contributed by atoms with E-state index in [4.69, 9.17) is 18.9 Å². The summed E-state index contributed by atoms with van der Waals surface area (Å²) in [5.41, 5.74) is 2.05. The molecule has 0 saturated carbocycles. The summed E-state index contributed by atoms with van der Waals surface area (Å²) in [5, 5.41) is 9.64. The van der Waals surface area contributed by atoms with Crippen molar-refractivity contribution in [1.29, 1.82) is 5.26 Å². The Labute approximate surface area is 173 Å². The van der Waals surface area contributed by atoms with E-state index in [2.05, 4.69) is 35.2 Å². The normalized spacial score (nSPS) is 10.7. The molecule has 0 heterocycles. The summed E-state index contributed by atoms with van der Waals surface area (Å²) in [5.74, 6) is 2.43. The van der Waals surface area contributed by atoms with E-state index in [0.29, 0.717) is 35.2 Å². The van der Waals surface area contributed by atoms with Crippen molar-refractivity contribution in [2.75, 3.05) is 27.9 Å². The van der Waals surface area contributed by atoms with E-state index >= 15 is 0 Å². The Morgan fingerprint density at radius 3 is 2.37 bits per heavy atom. The Morgan fingerprint density at radius 2 is 1.78 bits per heavy atom. The quantitative estimate of drug-likeness (QED) is 0.233. The molecule has 2 aromatic rings. The Kier molecular flexibility index (Phi) is 7.55. The fourth-order valence-corrected chi connectivity index (χ4v) is 3.24. The van der Waals surface area contributed by atoms with Crippen molar-refractivity contribution >= 4 is 34.2 Å². The molecule has 0 spiro atoms. The van der Waals surface area contributed by atoms with Crippen LogP contribution in [0.25, 0.3) is 11.6 Å². The van der Waals surface area contributed by atoms with Crippen molar-refractivity contribution in [2.24, 2.45) is 0 Å². The van der Waals surface area contributed by atoms with Gasteiger partial charge in [0.15, 0.2) is 23.0 Å². The summed E-state index contributed by atoms with van der Waals surface area (Å²) in [7, 11) is 4.72. The number of methoxy groups -OCH3 is 3. The molecule has 0 fully saturated rings. The van der Waals surface area contributed by atoms with Crippen LogP contribution in [-0.2, 0) is 0 Å². The standard InChI is InChI=1S/C21H20INO4/c1-5-8-27-21-17(22)10-14(11-20(21)26-4)9-16(13-23)15-6-7-18(24-2)19(12-15)25-3/h5-7,9-12H,1,8H2,2-4H3/b16-9+. The molecule has 0 N–H and O–H groups in total. The first-order chi connectivity index (χ1) is 13.1. The van der Waals surface area contributed by atoms with Crippen molar-refractivity contribution in [3.63, 3.8) is 0 Å². The molecule has 0 unspecified atom stereocenters. The van der Waals surface area contributed by atoms with E-state index in [1.165, 1.54) is 0 Å². The van der Waals surface area contributed by atoms with Gasteiger partial charge in [-0.05, 0) is 70.1 Å². The monoisotopic (exact) mass is 477 g/mol. The zero-order valence-corrected chi connectivity index (χ0v) is 17.6. The van der Waals surface area contributed by atoms with Crippen molar-refractivity contribution in [1.82, 2.24) is 0 Å². The van der Waals surface area contributed by atoms with Gasteiger partial charge in [-0.3, -0.25) is 0 Å². The molecule has 0 atom stereocenters. The van der Waals surface area contributed by atoms with Crippen molar-refractivity contribution < 1.29 is 18.9 Å². The fourth-order valence-electron chi connectivity index (χ4n) is 2.46. The molecule has 0 bridgehead atoms. The fraction of sp³-hybridized carbons (Fsp3) is 0.190. The predicted molar refractivity (Wildman–Crippen MR) is 114 cm³/mol. The van der Waals surface area contributed by atoms with Gasteiger partial charge in [-0.1, -0.05) is 12.7 Å². The molecule has 2 aromatic carbocycles. The van der Waals surface area contributed by atoms with Gasteiger partial charge >= 0.3 is 0 Å². The Balaban J connectivity index is 2.47. The van der Waals surface area contributed by atoms with Crippen LogP contribution in [-0.4, -0.2) is 27.9 Å². The van der Waals surface area contributed by atoms with Gasteiger partial charge in [-0.25, -0.2) is 0 Å². The Bertz CT molecular complexity index is 900. The van der Waals surface area contributed by atoms with Crippen LogP contribution in [0.15, 0.2) is 43.0 Å². The first kappa shape index (κ1) is 20.6. The van der Waals surface area contributed by atoms with Gasteiger partial charge in [0.05, 0.1) is 36.5 Å². The second-order valence-electron chi connectivity index (χ2n) is 5.37. The maximum Gasteiger partial charge on any atom is 0.174 e. The minimum atomic E-state index is 0.386. The minimum Gasteiger partial charge on any atom is -0.493 e. The van der Waals surface area contributed by atoms with Crippen LogP contribution in [0.2, 0.25) is 0 Å². The van der Waals surface area contributed by atoms with Crippen LogP contribution in [0.5, 0.6) is 23.0 Å².